The van der Waals surface area contributed by atoms with Gasteiger partial charge in [0.05, 0.1) is 24.1 Å². The first-order valence-electron chi connectivity index (χ1n) is 19.9. The molecule has 304 valence electrons. The highest BCUT2D eigenvalue weighted by molar-refractivity contribution is 7.90. The van der Waals surface area contributed by atoms with Crippen LogP contribution in [0.3, 0.4) is 0 Å². The Labute approximate surface area is 335 Å². The van der Waals surface area contributed by atoms with Gasteiger partial charge in [-0.1, -0.05) is 30.7 Å². The Morgan fingerprint density at radius 2 is 1.82 bits per heavy atom. The van der Waals surface area contributed by atoms with Gasteiger partial charge in [0.1, 0.15) is 17.0 Å². The fraction of sp³-hybridized carbons (Fsp3) is 0.595. The number of aldehydes is 1. The average Bonchev–Trinajstić information content (AvgIpc) is 3.34. The number of nitrogens with one attached hydrogen (secondary N) is 2. The highest BCUT2D eigenvalue weighted by atomic mass is 35.5. The van der Waals surface area contributed by atoms with Crippen LogP contribution in [0.25, 0.3) is 0 Å². The largest absolute Gasteiger partial charge is 0.490 e. The van der Waals surface area contributed by atoms with Gasteiger partial charge in [-0.3, -0.25) is 9.59 Å². The minimum absolute atomic E-state index is 0.0434. The number of amides is 2. The Kier molecular flexibility index (Phi) is 11.5. The maximum absolute atomic E-state index is 13.4. The molecule has 2 N–H and O–H groups in total. The maximum atomic E-state index is 13.4. The van der Waals surface area contributed by atoms with E-state index in [1.807, 2.05) is 25.1 Å². The van der Waals surface area contributed by atoms with Crippen LogP contribution in [0.4, 0.5) is 10.5 Å². The predicted molar refractivity (Wildman–Crippen MR) is 215 cm³/mol. The molecule has 12 nitrogen and oxygen atoms in total. The molecule has 2 saturated heterocycles. The van der Waals surface area contributed by atoms with E-state index in [1.54, 1.807) is 44.2 Å². The number of carbonyl (C=O) groups excluding carboxylic acids is 3. The summed E-state index contributed by atoms with van der Waals surface area (Å²) in [5.41, 5.74) is 1.88. The van der Waals surface area contributed by atoms with E-state index in [2.05, 4.69) is 27.1 Å². The molecule has 8 rings (SSSR count). The number of allylic oxidation sites excluding steroid dienone is 1. The van der Waals surface area contributed by atoms with Gasteiger partial charge in [-0.2, -0.15) is 0 Å². The lowest BCUT2D eigenvalue weighted by atomic mass is 9.64. The number of piperidine rings is 1. The fourth-order valence-electron chi connectivity index (χ4n) is 9.62. The molecule has 3 fully saturated rings. The molecule has 2 aromatic carbocycles. The van der Waals surface area contributed by atoms with E-state index in [9.17, 15) is 22.8 Å². The van der Waals surface area contributed by atoms with E-state index in [0.29, 0.717) is 36.9 Å². The van der Waals surface area contributed by atoms with Crippen molar-refractivity contribution in [2.45, 2.75) is 87.1 Å². The number of ether oxygens (including phenoxy) is 3. The number of halogens is 1. The second-order valence-electron chi connectivity index (χ2n) is 16.9. The predicted octanol–water partition coefficient (Wildman–Crippen LogP) is 5.66. The van der Waals surface area contributed by atoms with Crippen LogP contribution >= 0.6 is 11.6 Å². The SMILES string of the molecule is CN1CC2(CCNCC2)OC1=O.CO[C@@]1(C=O)/C=C/C[C@H](C)[C@@H](C)S(=O)(=O)NC(=O)c2ccc3c(c2)N(C[C@@H]2CC[C@H]21)C[C@@]1(CCCc2cc(Cl)ccc21)CO3. The van der Waals surface area contributed by atoms with Crippen molar-refractivity contribution in [3.05, 3.63) is 70.3 Å². The van der Waals surface area contributed by atoms with Gasteiger partial charge in [-0.15, -0.1) is 0 Å². The van der Waals surface area contributed by atoms with Crippen LogP contribution < -0.4 is 19.7 Å². The highest BCUT2D eigenvalue weighted by Crippen LogP contribution is 2.48. The molecular weight excluding hydrogens is 756 g/mol. The number of benzene rings is 2. The van der Waals surface area contributed by atoms with E-state index in [-0.39, 0.29) is 40.4 Å². The van der Waals surface area contributed by atoms with Crippen LogP contribution in [0.1, 0.15) is 80.3 Å². The second kappa shape index (κ2) is 15.9. The molecule has 1 saturated carbocycles. The number of rotatable bonds is 2. The molecule has 0 aromatic heterocycles. The Morgan fingerprint density at radius 1 is 1.04 bits per heavy atom. The van der Waals surface area contributed by atoms with Gasteiger partial charge in [0.15, 0.2) is 6.29 Å². The minimum Gasteiger partial charge on any atom is -0.490 e. The van der Waals surface area contributed by atoms with Crippen molar-refractivity contribution in [3.8, 4) is 5.75 Å². The molecule has 2 spiro atoms. The molecule has 4 aliphatic heterocycles. The number of methoxy groups -OCH3 is 1. The lowest BCUT2D eigenvalue weighted by Crippen LogP contribution is -2.53. The number of hydrogen-bond acceptors (Lipinski definition) is 10. The van der Waals surface area contributed by atoms with Gasteiger partial charge >= 0.3 is 6.09 Å². The number of likely N-dealkylation sites (N-methyl/N-ethyl adjacent to an activating group) is 1. The zero-order valence-electron chi connectivity index (χ0n) is 32.9. The monoisotopic (exact) mass is 810 g/mol. The van der Waals surface area contributed by atoms with Crippen LogP contribution in [0.15, 0.2) is 48.6 Å². The first kappa shape index (κ1) is 40.5. The Balaban J connectivity index is 0.000000339. The summed E-state index contributed by atoms with van der Waals surface area (Å²) >= 11 is 6.40. The van der Waals surface area contributed by atoms with E-state index in [1.165, 1.54) is 11.1 Å². The van der Waals surface area contributed by atoms with Crippen LogP contribution in [0.2, 0.25) is 5.02 Å². The first-order valence-corrected chi connectivity index (χ1v) is 21.9. The van der Waals surface area contributed by atoms with Crippen molar-refractivity contribution in [1.82, 2.24) is 14.9 Å². The quantitative estimate of drug-likeness (QED) is 0.288. The van der Waals surface area contributed by atoms with Gasteiger partial charge in [0.25, 0.3) is 5.91 Å². The van der Waals surface area contributed by atoms with E-state index in [0.717, 1.165) is 76.6 Å². The summed E-state index contributed by atoms with van der Waals surface area (Å²) in [4.78, 5) is 41.2. The van der Waals surface area contributed by atoms with Crippen molar-refractivity contribution in [2.75, 3.05) is 58.4 Å². The van der Waals surface area contributed by atoms with Crippen LogP contribution in [-0.4, -0.2) is 102 Å². The van der Waals surface area contributed by atoms with Crippen molar-refractivity contribution in [3.63, 3.8) is 0 Å². The molecule has 14 heteroatoms. The zero-order valence-corrected chi connectivity index (χ0v) is 34.4. The van der Waals surface area contributed by atoms with Crippen LogP contribution in [0, 0.1) is 17.8 Å². The van der Waals surface area contributed by atoms with Crippen molar-refractivity contribution in [2.24, 2.45) is 17.8 Å². The van der Waals surface area contributed by atoms with E-state index in [4.69, 9.17) is 25.8 Å². The molecule has 0 unspecified atom stereocenters. The first-order chi connectivity index (χ1) is 26.7. The number of aryl methyl sites for hydroxylation is 1. The number of sulfonamides is 1. The second-order valence-corrected chi connectivity index (χ2v) is 19.3. The summed E-state index contributed by atoms with van der Waals surface area (Å²) in [5.74, 6) is -0.203. The fourth-order valence-corrected chi connectivity index (χ4v) is 11.1. The number of carbonyl (C=O) groups is 3. The topological polar surface area (TPSA) is 144 Å². The van der Waals surface area contributed by atoms with Gasteiger partial charge in [0.2, 0.25) is 10.0 Å². The summed E-state index contributed by atoms with van der Waals surface area (Å²) < 4.78 is 46.7. The van der Waals surface area contributed by atoms with Crippen LogP contribution in [-0.2, 0) is 36.1 Å². The third-order valence-electron chi connectivity index (χ3n) is 13.4. The summed E-state index contributed by atoms with van der Waals surface area (Å²) in [5, 5.41) is 3.13. The molecule has 0 radical (unpaired) electrons. The molecule has 56 heavy (non-hydrogen) atoms. The third-order valence-corrected chi connectivity index (χ3v) is 15.5. The van der Waals surface area contributed by atoms with Gasteiger partial charge in [-0.25, -0.2) is 17.9 Å². The molecule has 4 heterocycles. The Morgan fingerprint density at radius 3 is 2.50 bits per heavy atom. The van der Waals surface area contributed by atoms with Crippen LogP contribution in [0.5, 0.6) is 5.75 Å². The summed E-state index contributed by atoms with van der Waals surface area (Å²) in [7, 11) is -0.616. The molecule has 2 amide bonds. The lowest BCUT2D eigenvalue weighted by Gasteiger charge is -2.48. The Bertz CT molecular complexity index is 1970. The van der Waals surface area contributed by atoms with Gasteiger partial charge in [-0.05, 0) is 118 Å². The number of nitrogens with zero attached hydrogens (tertiary/aromatic N) is 2. The summed E-state index contributed by atoms with van der Waals surface area (Å²) in [6, 6.07) is 11.3. The van der Waals surface area contributed by atoms with Crippen molar-refractivity contribution < 1.29 is 37.0 Å². The number of fused-ring (bicyclic) bond motifs is 4. The highest BCUT2D eigenvalue weighted by Gasteiger charge is 2.49. The smallest absolute Gasteiger partial charge is 0.410 e. The average molecular weight is 811 g/mol. The van der Waals surface area contributed by atoms with Crippen molar-refractivity contribution >= 4 is 45.6 Å². The lowest BCUT2D eigenvalue weighted by molar-refractivity contribution is -0.135. The summed E-state index contributed by atoms with van der Waals surface area (Å²) in [6.45, 7) is 7.85. The summed E-state index contributed by atoms with van der Waals surface area (Å²) in [6.07, 6.45) is 11.4. The normalized spacial score (nSPS) is 32.6. The molecule has 6 atom stereocenters. The van der Waals surface area contributed by atoms with Gasteiger partial charge < -0.3 is 29.3 Å². The van der Waals surface area contributed by atoms with E-state index >= 15 is 0 Å². The third kappa shape index (κ3) is 7.80. The number of anilines is 1. The Hall–Kier alpha value is -3.65. The maximum Gasteiger partial charge on any atom is 0.410 e. The standard InChI is InChI=1S/C34H41ClN2O6S.C8H14N2O2/c1-22-6-4-15-34(20-38,42-3)29-11-8-26(29)18-37-19-33(14-5-7-24-16-27(35)10-12-28(24)33)21-43-31-13-9-25(17-30(31)37)32(39)36-44(40,41)23(22)2;1-10-6-8(12-7(10)11)2-4-9-5-3-8/h4,9-10,12-13,15-17,20,22-23,26,29H,5-8,11,14,18-19,21H2,1-3H3,(H,36,39);9H,2-6H2,1H3/b15-4+;/t22-,23+,26-,29+,33-,34+;/m0./s1. The minimum atomic E-state index is -3.97. The molecule has 2 aliphatic carbocycles. The zero-order chi connectivity index (χ0) is 39.9. The molecule has 6 aliphatic rings. The molecule has 2 bridgehead atoms. The van der Waals surface area contributed by atoms with E-state index < -0.39 is 26.8 Å². The number of hydrogen-bond donors (Lipinski definition) is 2. The van der Waals surface area contributed by atoms with Gasteiger partial charge in [0, 0.05) is 62.0 Å². The van der Waals surface area contributed by atoms with Crippen molar-refractivity contribution in [1.29, 1.82) is 0 Å². The molecule has 2 aromatic rings. The molecular formula is C42H55ClN4O8S.